The van der Waals surface area contributed by atoms with Crippen LogP contribution >= 0.6 is 15.9 Å². The summed E-state index contributed by atoms with van der Waals surface area (Å²) in [6.45, 7) is 0. The summed E-state index contributed by atoms with van der Waals surface area (Å²) in [6.07, 6.45) is 9.83. The van der Waals surface area contributed by atoms with Crippen molar-refractivity contribution in [2.75, 3.05) is 12.4 Å². The van der Waals surface area contributed by atoms with Crippen LogP contribution in [0.15, 0.2) is 24.3 Å². The molecule has 1 unspecified atom stereocenters. The van der Waals surface area contributed by atoms with Crippen molar-refractivity contribution in [1.82, 2.24) is 0 Å². The largest absolute Gasteiger partial charge is 0.497 e. The second-order valence-corrected chi connectivity index (χ2v) is 6.45. The van der Waals surface area contributed by atoms with E-state index >= 15 is 0 Å². The Morgan fingerprint density at radius 1 is 1.21 bits per heavy atom. The topological polar surface area (TPSA) is 9.23 Å². The van der Waals surface area contributed by atoms with Gasteiger partial charge < -0.3 is 4.74 Å². The third-order valence-electron chi connectivity index (χ3n) is 4.36. The molecule has 0 amide bonds. The molecule has 106 valence electrons. The maximum Gasteiger partial charge on any atom is 0.118 e. The van der Waals surface area contributed by atoms with Crippen molar-refractivity contribution in [2.24, 2.45) is 11.8 Å². The van der Waals surface area contributed by atoms with Crippen LogP contribution in [0.4, 0.5) is 0 Å². The molecule has 1 saturated carbocycles. The van der Waals surface area contributed by atoms with Crippen LogP contribution in [0.1, 0.15) is 44.1 Å². The molecular formula is C17H25BrO. The van der Waals surface area contributed by atoms with Gasteiger partial charge in [-0.3, -0.25) is 0 Å². The lowest BCUT2D eigenvalue weighted by Gasteiger charge is -2.17. The van der Waals surface area contributed by atoms with Gasteiger partial charge in [-0.1, -0.05) is 60.2 Å². The van der Waals surface area contributed by atoms with Crippen molar-refractivity contribution in [2.45, 2.75) is 44.9 Å². The molecule has 0 aromatic heterocycles. The number of benzene rings is 1. The number of hydrogen-bond donors (Lipinski definition) is 0. The Bertz CT molecular complexity index is 354. The quantitative estimate of drug-likeness (QED) is 0.625. The number of halogens is 1. The van der Waals surface area contributed by atoms with Crippen LogP contribution in [0, 0.1) is 11.8 Å². The molecule has 1 atom stereocenters. The predicted octanol–water partition coefficient (Wildman–Crippen LogP) is 5.22. The average Bonchev–Trinajstić information content (AvgIpc) is 2.97. The zero-order valence-corrected chi connectivity index (χ0v) is 13.5. The Kier molecular flexibility index (Phi) is 6.22. The van der Waals surface area contributed by atoms with Gasteiger partial charge in [0.1, 0.15) is 5.75 Å². The van der Waals surface area contributed by atoms with Gasteiger partial charge >= 0.3 is 0 Å². The van der Waals surface area contributed by atoms with Crippen molar-refractivity contribution in [3.8, 4) is 5.75 Å². The summed E-state index contributed by atoms with van der Waals surface area (Å²) >= 11 is 3.69. The predicted molar refractivity (Wildman–Crippen MR) is 85.2 cm³/mol. The molecular weight excluding hydrogens is 300 g/mol. The summed E-state index contributed by atoms with van der Waals surface area (Å²) in [5, 5.41) is 1.12. The van der Waals surface area contributed by atoms with Crippen molar-refractivity contribution in [1.29, 1.82) is 0 Å². The first-order valence-electron chi connectivity index (χ1n) is 7.50. The molecule has 1 aromatic carbocycles. The Labute approximate surface area is 125 Å². The average molecular weight is 325 g/mol. The zero-order chi connectivity index (χ0) is 13.5. The molecule has 0 spiro atoms. The van der Waals surface area contributed by atoms with Gasteiger partial charge in [0.25, 0.3) is 0 Å². The normalized spacial score (nSPS) is 17.6. The van der Waals surface area contributed by atoms with Gasteiger partial charge in [-0.05, 0) is 42.4 Å². The summed E-state index contributed by atoms with van der Waals surface area (Å²) in [7, 11) is 1.72. The third kappa shape index (κ3) is 4.83. The van der Waals surface area contributed by atoms with E-state index < -0.39 is 0 Å². The van der Waals surface area contributed by atoms with Crippen LogP contribution in [-0.2, 0) is 6.42 Å². The van der Waals surface area contributed by atoms with Gasteiger partial charge in [-0.2, -0.15) is 0 Å². The van der Waals surface area contributed by atoms with E-state index in [1.54, 1.807) is 7.11 Å². The van der Waals surface area contributed by atoms with Gasteiger partial charge in [0, 0.05) is 5.33 Å². The number of ether oxygens (including phenoxy) is 1. The molecule has 1 aromatic rings. The summed E-state index contributed by atoms with van der Waals surface area (Å²) in [5.41, 5.74) is 1.43. The number of rotatable bonds is 7. The minimum Gasteiger partial charge on any atom is -0.497 e. The maximum atomic E-state index is 5.21. The van der Waals surface area contributed by atoms with Crippen LogP contribution in [-0.4, -0.2) is 12.4 Å². The SMILES string of the molecule is COc1ccc(CC(CBr)CCC2CCCC2)cc1. The fourth-order valence-electron chi connectivity index (χ4n) is 3.10. The molecule has 0 radical (unpaired) electrons. The van der Waals surface area contributed by atoms with Gasteiger partial charge in [0.2, 0.25) is 0 Å². The van der Waals surface area contributed by atoms with E-state index in [9.17, 15) is 0 Å². The monoisotopic (exact) mass is 324 g/mol. The van der Waals surface area contributed by atoms with Gasteiger partial charge in [0.05, 0.1) is 7.11 Å². The molecule has 1 aliphatic rings. The van der Waals surface area contributed by atoms with Crippen molar-refractivity contribution in [3.05, 3.63) is 29.8 Å². The molecule has 2 rings (SSSR count). The highest BCUT2D eigenvalue weighted by molar-refractivity contribution is 9.09. The van der Waals surface area contributed by atoms with Crippen molar-refractivity contribution in [3.63, 3.8) is 0 Å². The van der Waals surface area contributed by atoms with E-state index in [1.165, 1.54) is 50.5 Å². The molecule has 0 heterocycles. The number of methoxy groups -OCH3 is 1. The lowest BCUT2D eigenvalue weighted by molar-refractivity contribution is 0.412. The Hall–Kier alpha value is -0.500. The minimum atomic E-state index is 0.772. The highest BCUT2D eigenvalue weighted by atomic mass is 79.9. The first kappa shape index (κ1) is 14.9. The molecule has 1 fully saturated rings. The fourth-order valence-corrected chi connectivity index (χ4v) is 3.65. The fraction of sp³-hybridized carbons (Fsp3) is 0.647. The molecule has 0 aliphatic heterocycles. The Balaban J connectivity index is 1.79. The van der Waals surface area contributed by atoms with Crippen LogP contribution in [0.5, 0.6) is 5.75 Å². The van der Waals surface area contributed by atoms with E-state index in [0.717, 1.165) is 22.9 Å². The Morgan fingerprint density at radius 2 is 1.89 bits per heavy atom. The lowest BCUT2D eigenvalue weighted by Crippen LogP contribution is -2.08. The van der Waals surface area contributed by atoms with Gasteiger partial charge in [-0.25, -0.2) is 0 Å². The number of hydrogen-bond acceptors (Lipinski definition) is 1. The summed E-state index contributed by atoms with van der Waals surface area (Å²) < 4.78 is 5.21. The molecule has 0 saturated heterocycles. The van der Waals surface area contributed by atoms with Crippen molar-refractivity contribution < 1.29 is 4.74 Å². The van der Waals surface area contributed by atoms with Crippen LogP contribution < -0.4 is 4.74 Å². The lowest BCUT2D eigenvalue weighted by atomic mass is 9.91. The summed E-state index contributed by atoms with van der Waals surface area (Å²) in [5.74, 6) is 2.73. The first-order valence-corrected chi connectivity index (χ1v) is 8.63. The zero-order valence-electron chi connectivity index (χ0n) is 11.9. The minimum absolute atomic E-state index is 0.772. The second kappa shape index (κ2) is 7.94. The first-order chi connectivity index (χ1) is 9.31. The Morgan fingerprint density at radius 3 is 2.47 bits per heavy atom. The highest BCUT2D eigenvalue weighted by Crippen LogP contribution is 2.31. The highest BCUT2D eigenvalue weighted by Gasteiger charge is 2.17. The van der Waals surface area contributed by atoms with Crippen LogP contribution in [0.3, 0.4) is 0 Å². The van der Waals surface area contributed by atoms with Crippen molar-refractivity contribution >= 4 is 15.9 Å². The molecule has 19 heavy (non-hydrogen) atoms. The van der Waals surface area contributed by atoms with Gasteiger partial charge in [-0.15, -0.1) is 0 Å². The van der Waals surface area contributed by atoms with E-state index in [0.29, 0.717) is 0 Å². The smallest absolute Gasteiger partial charge is 0.118 e. The molecule has 2 heteroatoms. The molecule has 0 bridgehead atoms. The third-order valence-corrected chi connectivity index (χ3v) is 5.28. The van der Waals surface area contributed by atoms with E-state index in [2.05, 4.69) is 40.2 Å². The van der Waals surface area contributed by atoms with Gasteiger partial charge in [0.15, 0.2) is 0 Å². The standard InChI is InChI=1S/C17H25BrO/c1-19-17-10-8-15(9-11-17)12-16(13-18)7-6-14-4-2-3-5-14/h8-11,14,16H,2-7,12-13H2,1H3. The second-order valence-electron chi connectivity index (χ2n) is 5.80. The van der Waals surface area contributed by atoms with E-state index in [-0.39, 0.29) is 0 Å². The summed E-state index contributed by atoms with van der Waals surface area (Å²) in [6, 6.07) is 8.53. The van der Waals surface area contributed by atoms with Crippen LogP contribution in [0.25, 0.3) is 0 Å². The number of alkyl halides is 1. The molecule has 0 N–H and O–H groups in total. The molecule has 1 aliphatic carbocycles. The maximum absolute atomic E-state index is 5.21. The van der Waals surface area contributed by atoms with E-state index in [4.69, 9.17) is 4.74 Å². The summed E-state index contributed by atoms with van der Waals surface area (Å²) in [4.78, 5) is 0. The van der Waals surface area contributed by atoms with Crippen LogP contribution in [0.2, 0.25) is 0 Å². The van der Waals surface area contributed by atoms with E-state index in [1.807, 2.05) is 0 Å². The molecule has 1 nitrogen and oxygen atoms in total.